The minimum Gasteiger partial charge on any atom is -0.507 e. The summed E-state index contributed by atoms with van der Waals surface area (Å²) in [6.07, 6.45) is -0.218. The zero-order valence-corrected chi connectivity index (χ0v) is 13.3. The molecule has 0 bridgehead atoms. The number of aromatic hydroxyl groups is 1. The second-order valence-electron chi connectivity index (χ2n) is 5.43. The van der Waals surface area contributed by atoms with Gasteiger partial charge in [-0.1, -0.05) is 12.1 Å². The molecule has 0 aliphatic carbocycles. The van der Waals surface area contributed by atoms with Crippen molar-refractivity contribution in [3.05, 3.63) is 47.0 Å². The fourth-order valence-electron chi connectivity index (χ4n) is 2.81. The monoisotopic (exact) mass is 314 g/mol. The quantitative estimate of drug-likeness (QED) is 0.940. The van der Waals surface area contributed by atoms with Crippen molar-refractivity contribution in [3.63, 3.8) is 0 Å². The maximum Gasteiger partial charge on any atom is 0.174 e. The first kappa shape index (κ1) is 15.2. The van der Waals surface area contributed by atoms with Crippen molar-refractivity contribution >= 4 is 5.78 Å². The number of rotatable bonds is 3. The van der Waals surface area contributed by atoms with Gasteiger partial charge in [0, 0.05) is 11.6 Å². The van der Waals surface area contributed by atoms with E-state index in [4.69, 9.17) is 14.2 Å². The highest BCUT2D eigenvalue weighted by Crippen LogP contribution is 2.45. The Morgan fingerprint density at radius 2 is 1.87 bits per heavy atom. The van der Waals surface area contributed by atoms with Gasteiger partial charge in [0.25, 0.3) is 0 Å². The molecule has 1 heterocycles. The summed E-state index contributed by atoms with van der Waals surface area (Å²) >= 11 is 0. The van der Waals surface area contributed by atoms with Crippen molar-refractivity contribution in [3.8, 4) is 23.0 Å². The third-order valence-corrected chi connectivity index (χ3v) is 4.08. The van der Waals surface area contributed by atoms with Gasteiger partial charge in [0.1, 0.15) is 34.7 Å². The van der Waals surface area contributed by atoms with E-state index in [1.54, 1.807) is 14.0 Å². The average Bonchev–Trinajstić information content (AvgIpc) is 2.57. The van der Waals surface area contributed by atoms with Crippen LogP contribution in [-0.2, 0) is 0 Å². The SMILES string of the molecule is COc1ccc([C@H]2CC(=O)c3c(O)cc(OC)c(C)c3O2)cc1. The highest BCUT2D eigenvalue weighted by Gasteiger charge is 2.32. The summed E-state index contributed by atoms with van der Waals surface area (Å²) in [4.78, 5) is 12.5. The van der Waals surface area contributed by atoms with Crippen LogP contribution >= 0.6 is 0 Å². The van der Waals surface area contributed by atoms with Crippen LogP contribution in [0.25, 0.3) is 0 Å². The van der Waals surface area contributed by atoms with Crippen molar-refractivity contribution in [2.45, 2.75) is 19.4 Å². The molecule has 0 amide bonds. The largest absolute Gasteiger partial charge is 0.507 e. The number of benzene rings is 2. The summed E-state index contributed by atoms with van der Waals surface area (Å²) in [6.45, 7) is 1.81. The minimum atomic E-state index is -0.397. The Labute approximate surface area is 134 Å². The van der Waals surface area contributed by atoms with Crippen LogP contribution in [0, 0.1) is 6.92 Å². The molecule has 0 saturated heterocycles. The molecule has 2 aromatic rings. The number of phenols is 1. The normalized spacial score (nSPS) is 16.5. The molecule has 5 nitrogen and oxygen atoms in total. The van der Waals surface area contributed by atoms with E-state index < -0.39 is 6.10 Å². The Morgan fingerprint density at radius 1 is 1.17 bits per heavy atom. The van der Waals surface area contributed by atoms with Gasteiger partial charge < -0.3 is 19.3 Å². The summed E-state index contributed by atoms with van der Waals surface area (Å²) < 4.78 is 16.4. The first-order valence-corrected chi connectivity index (χ1v) is 7.29. The summed E-state index contributed by atoms with van der Waals surface area (Å²) in [5.41, 5.74) is 1.81. The molecule has 0 aromatic heterocycles. The second-order valence-corrected chi connectivity index (χ2v) is 5.43. The van der Waals surface area contributed by atoms with Crippen molar-refractivity contribution in [1.82, 2.24) is 0 Å². The predicted molar refractivity (Wildman–Crippen MR) is 84.7 cm³/mol. The lowest BCUT2D eigenvalue weighted by atomic mass is 9.93. The molecule has 0 fully saturated rings. The van der Waals surface area contributed by atoms with E-state index in [0.29, 0.717) is 17.1 Å². The Balaban J connectivity index is 2.02. The van der Waals surface area contributed by atoms with Crippen LogP contribution in [0.2, 0.25) is 0 Å². The van der Waals surface area contributed by atoms with E-state index in [-0.39, 0.29) is 23.5 Å². The Hall–Kier alpha value is -2.69. The van der Waals surface area contributed by atoms with E-state index in [1.807, 2.05) is 24.3 Å². The molecule has 0 unspecified atom stereocenters. The van der Waals surface area contributed by atoms with Crippen molar-refractivity contribution in [2.75, 3.05) is 14.2 Å². The summed E-state index contributed by atoms with van der Waals surface area (Å²) in [7, 11) is 3.12. The minimum absolute atomic E-state index is 0.111. The molecular formula is C18H18O5. The lowest BCUT2D eigenvalue weighted by molar-refractivity contribution is 0.0842. The van der Waals surface area contributed by atoms with Gasteiger partial charge in [-0.3, -0.25) is 4.79 Å². The molecule has 0 spiro atoms. The number of phenolic OH excluding ortho intramolecular Hbond substituents is 1. The molecule has 23 heavy (non-hydrogen) atoms. The number of Topliss-reactive ketones (excluding diaryl/α,β-unsaturated/α-hetero) is 1. The lowest BCUT2D eigenvalue weighted by Gasteiger charge is -2.28. The number of ether oxygens (including phenoxy) is 3. The van der Waals surface area contributed by atoms with Gasteiger partial charge in [-0.2, -0.15) is 0 Å². The molecular weight excluding hydrogens is 296 g/mol. The zero-order chi connectivity index (χ0) is 16.6. The van der Waals surface area contributed by atoms with E-state index >= 15 is 0 Å². The van der Waals surface area contributed by atoms with Crippen LogP contribution in [-0.4, -0.2) is 25.1 Å². The first-order valence-electron chi connectivity index (χ1n) is 7.29. The number of ketones is 1. The molecule has 2 aromatic carbocycles. The molecule has 1 aliphatic heterocycles. The van der Waals surface area contributed by atoms with Crippen molar-refractivity contribution < 1.29 is 24.1 Å². The van der Waals surface area contributed by atoms with E-state index in [0.717, 1.165) is 11.3 Å². The smallest absolute Gasteiger partial charge is 0.174 e. The van der Waals surface area contributed by atoms with Crippen LogP contribution in [0.3, 0.4) is 0 Å². The maximum absolute atomic E-state index is 12.5. The van der Waals surface area contributed by atoms with Gasteiger partial charge in [-0.05, 0) is 24.6 Å². The molecule has 120 valence electrons. The Bertz CT molecular complexity index is 749. The number of hydrogen-bond acceptors (Lipinski definition) is 5. The first-order chi connectivity index (χ1) is 11.0. The maximum atomic E-state index is 12.5. The molecule has 1 aliphatic rings. The average molecular weight is 314 g/mol. The molecule has 0 saturated carbocycles. The molecule has 5 heteroatoms. The van der Waals surface area contributed by atoms with Crippen LogP contribution in [0.1, 0.15) is 34.0 Å². The topological polar surface area (TPSA) is 65.0 Å². The highest BCUT2D eigenvalue weighted by atomic mass is 16.5. The van der Waals surface area contributed by atoms with Gasteiger partial charge in [0.05, 0.1) is 20.6 Å². The van der Waals surface area contributed by atoms with Crippen molar-refractivity contribution in [1.29, 1.82) is 0 Å². The standard InChI is InChI=1S/C18H18O5/c1-10-15(22-3)8-13(19)17-14(20)9-16(23-18(10)17)11-4-6-12(21-2)7-5-11/h4-8,16,19H,9H2,1-3H3/t16-/m1/s1. The fourth-order valence-corrected chi connectivity index (χ4v) is 2.81. The van der Waals surface area contributed by atoms with Gasteiger partial charge >= 0.3 is 0 Å². The van der Waals surface area contributed by atoms with Crippen LogP contribution in [0.15, 0.2) is 30.3 Å². The van der Waals surface area contributed by atoms with Gasteiger partial charge in [0.2, 0.25) is 0 Å². The van der Waals surface area contributed by atoms with Crippen LogP contribution < -0.4 is 14.2 Å². The summed E-state index contributed by atoms with van der Waals surface area (Å²) in [5, 5.41) is 10.1. The van der Waals surface area contributed by atoms with Gasteiger partial charge in [-0.15, -0.1) is 0 Å². The predicted octanol–water partition coefficient (Wildman–Crippen LogP) is 3.42. The zero-order valence-electron chi connectivity index (χ0n) is 13.3. The van der Waals surface area contributed by atoms with Crippen molar-refractivity contribution in [2.24, 2.45) is 0 Å². The van der Waals surface area contributed by atoms with Gasteiger partial charge in [-0.25, -0.2) is 0 Å². The Kier molecular flexibility index (Phi) is 3.86. The fraction of sp³-hybridized carbons (Fsp3) is 0.278. The second kappa shape index (κ2) is 5.83. The van der Waals surface area contributed by atoms with Crippen LogP contribution in [0.4, 0.5) is 0 Å². The molecule has 0 radical (unpaired) electrons. The molecule has 1 N–H and O–H groups in total. The van der Waals surface area contributed by atoms with Crippen LogP contribution in [0.5, 0.6) is 23.0 Å². The Morgan fingerprint density at radius 3 is 2.48 bits per heavy atom. The number of carbonyl (C=O) groups excluding carboxylic acids is 1. The molecule has 1 atom stereocenters. The van der Waals surface area contributed by atoms with E-state index in [1.165, 1.54) is 13.2 Å². The lowest BCUT2D eigenvalue weighted by Crippen LogP contribution is -2.21. The molecule has 3 rings (SSSR count). The van der Waals surface area contributed by atoms with E-state index in [9.17, 15) is 9.90 Å². The number of fused-ring (bicyclic) bond motifs is 1. The summed E-state index contributed by atoms with van der Waals surface area (Å²) in [6, 6.07) is 8.85. The van der Waals surface area contributed by atoms with E-state index in [2.05, 4.69) is 0 Å². The number of carbonyl (C=O) groups is 1. The number of methoxy groups -OCH3 is 2. The third kappa shape index (κ3) is 2.59. The highest BCUT2D eigenvalue weighted by molar-refractivity contribution is 6.03. The number of hydrogen-bond donors (Lipinski definition) is 1. The van der Waals surface area contributed by atoms with Gasteiger partial charge in [0.15, 0.2) is 5.78 Å². The summed E-state index contributed by atoms with van der Waals surface area (Å²) in [5.74, 6) is 1.37. The third-order valence-electron chi connectivity index (χ3n) is 4.08.